The van der Waals surface area contributed by atoms with Gasteiger partial charge in [-0.15, -0.1) is 0 Å². The largest absolute Gasteiger partial charge is 0.462 e. The fraction of sp³-hybridized carbons (Fsp3) is 0.207. The summed E-state index contributed by atoms with van der Waals surface area (Å²) in [5.74, 6) is -1.18. The van der Waals surface area contributed by atoms with Gasteiger partial charge in [-0.1, -0.05) is 30.3 Å². The fourth-order valence-corrected chi connectivity index (χ4v) is 4.09. The lowest BCUT2D eigenvalue weighted by molar-refractivity contribution is 0.0517. The summed E-state index contributed by atoms with van der Waals surface area (Å²) < 4.78 is 15.5. The Morgan fingerprint density at radius 2 is 1.09 bits per heavy atom. The summed E-state index contributed by atoms with van der Waals surface area (Å²) in [5.41, 5.74) is 3.02. The number of rotatable bonds is 7. The van der Waals surface area contributed by atoms with Crippen LogP contribution in [0.1, 0.15) is 51.8 Å². The Kier molecular flexibility index (Phi) is 7.11. The molecule has 0 aliphatic rings. The van der Waals surface area contributed by atoms with E-state index >= 15 is 0 Å². The normalized spacial score (nSPS) is 10.8. The topological polar surface area (TPSA) is 78.9 Å². The molecular formula is C29H26O6. The van der Waals surface area contributed by atoms with E-state index in [0.717, 1.165) is 32.7 Å². The van der Waals surface area contributed by atoms with Gasteiger partial charge in [-0.25, -0.2) is 14.4 Å². The van der Waals surface area contributed by atoms with E-state index in [9.17, 15) is 14.4 Å². The molecule has 6 nitrogen and oxygen atoms in total. The van der Waals surface area contributed by atoms with Crippen LogP contribution in [0.3, 0.4) is 0 Å². The maximum atomic E-state index is 12.7. The number of benzene rings is 4. The van der Waals surface area contributed by atoms with E-state index < -0.39 is 5.97 Å². The van der Waals surface area contributed by atoms with E-state index in [0.29, 0.717) is 29.9 Å². The summed E-state index contributed by atoms with van der Waals surface area (Å²) in [7, 11) is 0. The molecule has 0 radical (unpaired) electrons. The number of hydrogen-bond acceptors (Lipinski definition) is 6. The molecule has 0 aromatic heterocycles. The van der Waals surface area contributed by atoms with Gasteiger partial charge in [-0.05, 0) is 89.8 Å². The predicted molar refractivity (Wildman–Crippen MR) is 135 cm³/mol. The van der Waals surface area contributed by atoms with Gasteiger partial charge >= 0.3 is 17.9 Å². The molecule has 0 aliphatic carbocycles. The van der Waals surface area contributed by atoms with Crippen LogP contribution in [0.15, 0.2) is 66.7 Å². The van der Waals surface area contributed by atoms with Gasteiger partial charge < -0.3 is 14.2 Å². The molecule has 0 spiro atoms. The molecular weight excluding hydrogens is 444 g/mol. The van der Waals surface area contributed by atoms with Gasteiger partial charge in [0, 0.05) is 0 Å². The Bertz CT molecular complexity index is 1420. The third kappa shape index (κ3) is 4.87. The standard InChI is InChI=1S/C29H26O6/c1-4-33-27(30)19-9-7-18(8-10-19)25-16-22(29(32)35-6-3)17-26-23-13-12-21(28(31)34-5-2)15-20(23)11-14-24(25)26/h7-17H,4-6H2,1-3H3. The highest BCUT2D eigenvalue weighted by Gasteiger charge is 2.16. The van der Waals surface area contributed by atoms with Gasteiger partial charge in [0.05, 0.1) is 36.5 Å². The lowest BCUT2D eigenvalue weighted by Gasteiger charge is -2.13. The lowest BCUT2D eigenvalue weighted by atomic mass is 9.91. The summed E-state index contributed by atoms with van der Waals surface area (Å²) in [6.07, 6.45) is 0. The highest BCUT2D eigenvalue weighted by Crippen LogP contribution is 2.35. The van der Waals surface area contributed by atoms with E-state index in [-0.39, 0.29) is 18.5 Å². The quantitative estimate of drug-likeness (QED) is 0.182. The molecule has 4 rings (SSSR count). The number of fused-ring (bicyclic) bond motifs is 3. The van der Waals surface area contributed by atoms with Crippen LogP contribution < -0.4 is 0 Å². The first kappa shape index (κ1) is 24.0. The highest BCUT2D eigenvalue weighted by atomic mass is 16.5. The summed E-state index contributed by atoms with van der Waals surface area (Å²) in [6, 6.07) is 20.0. The number of ether oxygens (including phenoxy) is 3. The molecule has 6 heteroatoms. The van der Waals surface area contributed by atoms with Gasteiger partial charge in [-0.2, -0.15) is 0 Å². The molecule has 0 amide bonds. The average molecular weight is 471 g/mol. The number of carbonyl (C=O) groups is 3. The minimum absolute atomic E-state index is 0.263. The second kappa shape index (κ2) is 10.4. The maximum Gasteiger partial charge on any atom is 0.338 e. The van der Waals surface area contributed by atoms with Crippen molar-refractivity contribution < 1.29 is 28.6 Å². The smallest absolute Gasteiger partial charge is 0.338 e. The zero-order valence-electron chi connectivity index (χ0n) is 19.9. The molecule has 0 saturated carbocycles. The van der Waals surface area contributed by atoms with E-state index in [1.165, 1.54) is 0 Å². The fourth-order valence-electron chi connectivity index (χ4n) is 4.09. The van der Waals surface area contributed by atoms with Crippen LogP contribution in [-0.4, -0.2) is 37.7 Å². The SMILES string of the molecule is CCOC(=O)c1ccc(-c2cc(C(=O)OCC)cc3c2ccc2cc(C(=O)OCC)ccc23)cc1. The Morgan fingerprint density at radius 1 is 0.543 bits per heavy atom. The van der Waals surface area contributed by atoms with Gasteiger partial charge in [-0.3, -0.25) is 0 Å². The average Bonchev–Trinajstić information content (AvgIpc) is 2.88. The summed E-state index contributed by atoms with van der Waals surface area (Å²) in [6.45, 7) is 6.16. The van der Waals surface area contributed by atoms with E-state index in [1.807, 2.05) is 36.4 Å². The van der Waals surface area contributed by atoms with Crippen LogP contribution in [0.5, 0.6) is 0 Å². The Morgan fingerprint density at radius 3 is 1.71 bits per heavy atom. The van der Waals surface area contributed by atoms with Crippen molar-refractivity contribution in [3.63, 3.8) is 0 Å². The maximum absolute atomic E-state index is 12.7. The lowest BCUT2D eigenvalue weighted by Crippen LogP contribution is -2.06. The van der Waals surface area contributed by atoms with Gasteiger partial charge in [0.2, 0.25) is 0 Å². The minimum Gasteiger partial charge on any atom is -0.462 e. The van der Waals surface area contributed by atoms with Crippen LogP contribution in [0.2, 0.25) is 0 Å². The van der Waals surface area contributed by atoms with Crippen LogP contribution >= 0.6 is 0 Å². The summed E-state index contributed by atoms with van der Waals surface area (Å²) in [4.78, 5) is 37.0. The third-order valence-corrected chi connectivity index (χ3v) is 5.68. The molecule has 0 atom stereocenters. The molecule has 4 aromatic carbocycles. The first-order valence-electron chi connectivity index (χ1n) is 11.6. The molecule has 0 saturated heterocycles. The predicted octanol–water partition coefficient (Wildman–Crippen LogP) is 6.19. The Hall–Kier alpha value is -4.19. The Balaban J connectivity index is 1.90. The highest BCUT2D eigenvalue weighted by molar-refractivity contribution is 6.15. The molecule has 0 unspecified atom stereocenters. The molecule has 0 aliphatic heterocycles. The minimum atomic E-state index is -0.418. The summed E-state index contributed by atoms with van der Waals surface area (Å²) >= 11 is 0. The number of carbonyl (C=O) groups excluding carboxylic acids is 3. The van der Waals surface area contributed by atoms with Crippen LogP contribution in [0.4, 0.5) is 0 Å². The van der Waals surface area contributed by atoms with Crippen molar-refractivity contribution in [1.29, 1.82) is 0 Å². The van der Waals surface area contributed by atoms with Crippen molar-refractivity contribution in [2.24, 2.45) is 0 Å². The van der Waals surface area contributed by atoms with Gasteiger partial charge in [0.15, 0.2) is 0 Å². The second-order valence-electron chi connectivity index (χ2n) is 7.86. The first-order valence-corrected chi connectivity index (χ1v) is 11.6. The van der Waals surface area contributed by atoms with E-state index in [4.69, 9.17) is 14.2 Å². The molecule has 178 valence electrons. The molecule has 0 bridgehead atoms. The number of hydrogen-bond donors (Lipinski definition) is 0. The van der Waals surface area contributed by atoms with Crippen LogP contribution in [-0.2, 0) is 14.2 Å². The van der Waals surface area contributed by atoms with Crippen LogP contribution in [0, 0.1) is 0 Å². The zero-order chi connectivity index (χ0) is 24.9. The van der Waals surface area contributed by atoms with Crippen molar-refractivity contribution in [3.05, 3.63) is 83.4 Å². The molecule has 0 fully saturated rings. The van der Waals surface area contributed by atoms with E-state index in [1.54, 1.807) is 51.1 Å². The van der Waals surface area contributed by atoms with Crippen molar-refractivity contribution in [2.75, 3.05) is 19.8 Å². The monoisotopic (exact) mass is 470 g/mol. The number of esters is 3. The van der Waals surface area contributed by atoms with Crippen molar-refractivity contribution >= 4 is 39.5 Å². The van der Waals surface area contributed by atoms with Crippen molar-refractivity contribution in [1.82, 2.24) is 0 Å². The Labute approximate surface area is 203 Å². The van der Waals surface area contributed by atoms with Crippen LogP contribution in [0.25, 0.3) is 32.7 Å². The first-order chi connectivity index (χ1) is 17.0. The molecule has 0 N–H and O–H groups in total. The van der Waals surface area contributed by atoms with Gasteiger partial charge in [0.25, 0.3) is 0 Å². The van der Waals surface area contributed by atoms with Gasteiger partial charge in [0.1, 0.15) is 0 Å². The van der Waals surface area contributed by atoms with Crippen molar-refractivity contribution in [2.45, 2.75) is 20.8 Å². The molecule has 35 heavy (non-hydrogen) atoms. The zero-order valence-corrected chi connectivity index (χ0v) is 19.9. The second-order valence-corrected chi connectivity index (χ2v) is 7.86. The summed E-state index contributed by atoms with van der Waals surface area (Å²) in [5, 5.41) is 3.53. The molecule has 0 heterocycles. The van der Waals surface area contributed by atoms with E-state index in [2.05, 4.69) is 0 Å². The third-order valence-electron chi connectivity index (χ3n) is 5.68. The molecule has 4 aromatic rings. The van der Waals surface area contributed by atoms with Crippen molar-refractivity contribution in [3.8, 4) is 11.1 Å².